The number of aromatic amines is 1. The number of ether oxygens (including phenoxy) is 2. The second-order valence-corrected chi connectivity index (χ2v) is 5.94. The number of hydrogen-bond donors (Lipinski definition) is 1. The lowest BCUT2D eigenvalue weighted by Gasteiger charge is -2.35. The average molecular weight is 333 g/mol. The molecule has 0 spiro atoms. The number of carbonyl (C=O) groups excluding carboxylic acids is 1. The summed E-state index contributed by atoms with van der Waals surface area (Å²) in [5, 5.41) is 0. The number of piperazine rings is 1. The SMILES string of the molecule is COc1cc2nc(N3CCN(C(=O)N(C)C)CC3)[nH]c2cc1OC. The van der Waals surface area contributed by atoms with Crippen molar-refractivity contribution in [3.05, 3.63) is 12.1 Å². The predicted octanol–water partition coefficient (Wildman–Crippen LogP) is 1.38. The third kappa shape index (κ3) is 2.91. The monoisotopic (exact) mass is 333 g/mol. The van der Waals surface area contributed by atoms with Gasteiger partial charge in [0.1, 0.15) is 0 Å². The number of carbonyl (C=O) groups is 1. The number of hydrogen-bond acceptors (Lipinski definition) is 5. The maximum absolute atomic E-state index is 12.0. The molecule has 0 atom stereocenters. The summed E-state index contributed by atoms with van der Waals surface area (Å²) in [5.74, 6) is 2.13. The highest BCUT2D eigenvalue weighted by Gasteiger charge is 2.24. The molecule has 1 aliphatic rings. The number of benzene rings is 1. The standard InChI is InChI=1S/C16H23N5O3/c1-19(2)16(22)21-7-5-20(6-8-21)15-17-11-9-13(23-3)14(24-4)10-12(11)18-15/h9-10H,5-8H2,1-4H3,(H,17,18). The average Bonchev–Trinajstić information content (AvgIpc) is 3.02. The molecule has 1 aromatic carbocycles. The quantitative estimate of drug-likeness (QED) is 0.919. The molecule has 8 nitrogen and oxygen atoms in total. The van der Waals surface area contributed by atoms with Gasteiger partial charge in [0.2, 0.25) is 5.95 Å². The summed E-state index contributed by atoms with van der Waals surface area (Å²) in [7, 11) is 6.77. The fourth-order valence-electron chi connectivity index (χ4n) is 2.87. The normalized spacial score (nSPS) is 14.8. The number of imidazole rings is 1. The van der Waals surface area contributed by atoms with Crippen molar-refractivity contribution in [1.29, 1.82) is 0 Å². The molecule has 0 bridgehead atoms. The number of amides is 2. The Morgan fingerprint density at radius 1 is 1.12 bits per heavy atom. The van der Waals surface area contributed by atoms with Crippen LogP contribution in [0.15, 0.2) is 12.1 Å². The van der Waals surface area contributed by atoms with Crippen molar-refractivity contribution >= 4 is 23.0 Å². The van der Waals surface area contributed by atoms with E-state index in [1.165, 1.54) is 0 Å². The van der Waals surface area contributed by atoms with Crippen LogP contribution < -0.4 is 14.4 Å². The van der Waals surface area contributed by atoms with Crippen LogP contribution in [0.5, 0.6) is 11.5 Å². The maximum atomic E-state index is 12.0. The highest BCUT2D eigenvalue weighted by Crippen LogP contribution is 2.32. The summed E-state index contributed by atoms with van der Waals surface area (Å²) in [6.45, 7) is 2.85. The van der Waals surface area contributed by atoms with Crippen LogP contribution in [-0.4, -0.2) is 80.3 Å². The molecule has 2 amide bonds. The van der Waals surface area contributed by atoms with Crippen molar-refractivity contribution in [2.45, 2.75) is 0 Å². The van der Waals surface area contributed by atoms with Crippen LogP contribution in [0.1, 0.15) is 0 Å². The zero-order chi connectivity index (χ0) is 17.3. The Balaban J connectivity index is 1.77. The lowest BCUT2D eigenvalue weighted by molar-refractivity contribution is 0.167. The van der Waals surface area contributed by atoms with Crippen LogP contribution in [-0.2, 0) is 0 Å². The minimum Gasteiger partial charge on any atom is -0.493 e. The first-order valence-electron chi connectivity index (χ1n) is 7.86. The Morgan fingerprint density at radius 2 is 1.75 bits per heavy atom. The zero-order valence-electron chi connectivity index (χ0n) is 14.5. The summed E-state index contributed by atoms with van der Waals surface area (Å²) in [6.07, 6.45) is 0. The Morgan fingerprint density at radius 3 is 2.33 bits per heavy atom. The number of anilines is 1. The molecule has 1 aliphatic heterocycles. The number of H-pyrrole nitrogens is 1. The van der Waals surface area contributed by atoms with E-state index in [4.69, 9.17) is 9.47 Å². The van der Waals surface area contributed by atoms with Crippen LogP contribution in [0.4, 0.5) is 10.7 Å². The first kappa shape index (κ1) is 16.2. The van der Waals surface area contributed by atoms with Crippen molar-refractivity contribution in [3.63, 3.8) is 0 Å². The predicted molar refractivity (Wildman–Crippen MR) is 92.1 cm³/mol. The second-order valence-electron chi connectivity index (χ2n) is 5.94. The number of methoxy groups -OCH3 is 2. The minimum absolute atomic E-state index is 0.0497. The molecule has 8 heteroatoms. The van der Waals surface area contributed by atoms with Gasteiger partial charge >= 0.3 is 6.03 Å². The molecular weight excluding hydrogens is 310 g/mol. The molecule has 1 saturated heterocycles. The van der Waals surface area contributed by atoms with Crippen LogP contribution in [0.25, 0.3) is 11.0 Å². The Bertz CT molecular complexity index is 694. The summed E-state index contributed by atoms with van der Waals surface area (Å²) in [6, 6.07) is 3.80. The highest BCUT2D eigenvalue weighted by molar-refractivity contribution is 5.82. The van der Waals surface area contributed by atoms with Gasteiger partial charge in [0.25, 0.3) is 0 Å². The number of rotatable bonds is 3. The summed E-state index contributed by atoms with van der Waals surface area (Å²) in [5.41, 5.74) is 1.73. The number of nitrogens with zero attached hydrogens (tertiary/aromatic N) is 4. The van der Waals surface area contributed by atoms with Gasteiger partial charge in [-0.2, -0.15) is 0 Å². The Kier molecular flexibility index (Phi) is 4.37. The molecule has 2 heterocycles. The molecule has 1 N–H and O–H groups in total. The lowest BCUT2D eigenvalue weighted by atomic mass is 10.3. The molecular formula is C16H23N5O3. The van der Waals surface area contributed by atoms with Gasteiger partial charge in [0.15, 0.2) is 11.5 Å². The van der Waals surface area contributed by atoms with Crippen molar-refractivity contribution in [3.8, 4) is 11.5 Å². The molecule has 0 radical (unpaired) electrons. The van der Waals surface area contributed by atoms with E-state index in [0.717, 1.165) is 30.1 Å². The van der Waals surface area contributed by atoms with Gasteiger partial charge in [-0.15, -0.1) is 0 Å². The fraction of sp³-hybridized carbons (Fsp3) is 0.500. The first-order valence-corrected chi connectivity index (χ1v) is 7.86. The molecule has 2 aromatic rings. The number of aromatic nitrogens is 2. The largest absolute Gasteiger partial charge is 0.493 e. The van der Waals surface area contributed by atoms with E-state index in [2.05, 4.69) is 14.9 Å². The Hall–Kier alpha value is -2.64. The molecule has 3 rings (SSSR count). The number of fused-ring (bicyclic) bond motifs is 1. The summed E-state index contributed by atoms with van der Waals surface area (Å²) < 4.78 is 10.6. The number of nitrogens with one attached hydrogen (secondary N) is 1. The minimum atomic E-state index is 0.0497. The smallest absolute Gasteiger partial charge is 0.319 e. The molecule has 1 fully saturated rings. The summed E-state index contributed by atoms with van der Waals surface area (Å²) in [4.78, 5) is 25.6. The van der Waals surface area contributed by atoms with Crippen molar-refractivity contribution in [1.82, 2.24) is 19.8 Å². The Labute approximate surface area is 140 Å². The van der Waals surface area contributed by atoms with Crippen LogP contribution in [0.2, 0.25) is 0 Å². The van der Waals surface area contributed by atoms with E-state index in [0.29, 0.717) is 24.6 Å². The van der Waals surface area contributed by atoms with E-state index in [1.54, 1.807) is 33.2 Å². The van der Waals surface area contributed by atoms with Gasteiger partial charge in [-0.3, -0.25) is 0 Å². The fourth-order valence-corrected chi connectivity index (χ4v) is 2.87. The van der Waals surface area contributed by atoms with E-state index < -0.39 is 0 Å². The van der Waals surface area contributed by atoms with Crippen molar-refractivity contribution in [2.75, 3.05) is 59.4 Å². The van der Waals surface area contributed by atoms with Gasteiger partial charge in [0.05, 0.1) is 25.3 Å². The molecule has 0 aliphatic carbocycles. The second kappa shape index (κ2) is 6.46. The van der Waals surface area contributed by atoms with Gasteiger partial charge < -0.3 is 29.2 Å². The summed E-state index contributed by atoms with van der Waals surface area (Å²) >= 11 is 0. The van der Waals surface area contributed by atoms with E-state index in [9.17, 15) is 4.79 Å². The van der Waals surface area contributed by atoms with Gasteiger partial charge in [-0.25, -0.2) is 9.78 Å². The molecule has 0 saturated carbocycles. The van der Waals surface area contributed by atoms with Gasteiger partial charge in [-0.1, -0.05) is 0 Å². The lowest BCUT2D eigenvalue weighted by Crippen LogP contribution is -2.51. The van der Waals surface area contributed by atoms with E-state index in [-0.39, 0.29) is 6.03 Å². The van der Waals surface area contributed by atoms with Crippen molar-refractivity contribution in [2.24, 2.45) is 0 Å². The van der Waals surface area contributed by atoms with Gasteiger partial charge in [-0.05, 0) is 0 Å². The van der Waals surface area contributed by atoms with Crippen LogP contribution >= 0.6 is 0 Å². The molecule has 0 unspecified atom stereocenters. The van der Waals surface area contributed by atoms with Crippen LogP contribution in [0, 0.1) is 0 Å². The van der Waals surface area contributed by atoms with E-state index in [1.807, 2.05) is 17.0 Å². The van der Waals surface area contributed by atoms with Crippen molar-refractivity contribution < 1.29 is 14.3 Å². The number of urea groups is 1. The topological polar surface area (TPSA) is 73.9 Å². The molecule has 1 aromatic heterocycles. The molecule has 24 heavy (non-hydrogen) atoms. The maximum Gasteiger partial charge on any atom is 0.319 e. The van der Waals surface area contributed by atoms with E-state index >= 15 is 0 Å². The van der Waals surface area contributed by atoms with Gasteiger partial charge in [0, 0.05) is 52.4 Å². The molecule has 130 valence electrons. The first-order chi connectivity index (χ1) is 11.5. The highest BCUT2D eigenvalue weighted by atomic mass is 16.5. The van der Waals surface area contributed by atoms with Crippen LogP contribution in [0.3, 0.4) is 0 Å². The zero-order valence-corrected chi connectivity index (χ0v) is 14.5. The third-order valence-electron chi connectivity index (χ3n) is 4.21. The third-order valence-corrected chi connectivity index (χ3v) is 4.21.